The summed E-state index contributed by atoms with van der Waals surface area (Å²) < 4.78 is 45.3. The van der Waals surface area contributed by atoms with Crippen molar-refractivity contribution in [1.82, 2.24) is 9.78 Å². The third-order valence-electron chi connectivity index (χ3n) is 3.17. The maximum atomic E-state index is 12.9. The van der Waals surface area contributed by atoms with E-state index in [0.717, 1.165) is 6.20 Å². The van der Waals surface area contributed by atoms with Crippen LogP contribution in [0.1, 0.15) is 23.7 Å². The van der Waals surface area contributed by atoms with Gasteiger partial charge in [-0.05, 0) is 12.1 Å². The van der Waals surface area contributed by atoms with Crippen molar-refractivity contribution in [1.29, 1.82) is 0 Å². The molecule has 2 aromatic rings. The number of carbonyl (C=O) groups excluding carboxylic acids is 1. The average Bonchev–Trinajstić information content (AvgIpc) is 2.98. The molecule has 1 aliphatic rings. The molecule has 1 amide bonds. The van der Waals surface area contributed by atoms with Crippen LogP contribution in [-0.2, 0) is 11.3 Å². The van der Waals surface area contributed by atoms with Gasteiger partial charge in [0.05, 0.1) is 18.4 Å². The second-order valence-electron chi connectivity index (χ2n) is 4.53. The van der Waals surface area contributed by atoms with E-state index in [1.807, 2.05) is 0 Å². The van der Waals surface area contributed by atoms with E-state index in [0.29, 0.717) is 5.76 Å². The molecule has 1 N–H and O–H groups in total. The fourth-order valence-corrected chi connectivity index (χ4v) is 2.23. The van der Waals surface area contributed by atoms with Crippen LogP contribution in [0.5, 0.6) is 0 Å². The minimum absolute atomic E-state index is 0.0105. The number of aromatic nitrogens is 2. The Hall–Kier alpha value is -2.25. The van der Waals surface area contributed by atoms with Crippen molar-refractivity contribution in [3.05, 3.63) is 35.9 Å². The van der Waals surface area contributed by atoms with E-state index in [4.69, 9.17) is 4.42 Å². The van der Waals surface area contributed by atoms with Crippen molar-refractivity contribution in [2.75, 3.05) is 5.32 Å². The quantitative estimate of drug-likeness (QED) is 0.922. The van der Waals surface area contributed by atoms with Crippen molar-refractivity contribution < 1.29 is 22.4 Å². The van der Waals surface area contributed by atoms with Crippen LogP contribution >= 0.6 is 0 Å². The molecule has 0 aromatic carbocycles. The van der Waals surface area contributed by atoms with Gasteiger partial charge in [-0.2, -0.15) is 18.3 Å². The van der Waals surface area contributed by atoms with Crippen LogP contribution in [0.25, 0.3) is 0 Å². The summed E-state index contributed by atoms with van der Waals surface area (Å²) >= 11 is 0. The van der Waals surface area contributed by atoms with Crippen LogP contribution in [0.2, 0.25) is 0 Å². The number of nitrogens with one attached hydrogen (secondary N) is 1. The van der Waals surface area contributed by atoms with E-state index < -0.39 is 24.4 Å². The lowest BCUT2D eigenvalue weighted by atomic mass is 9.94. The lowest BCUT2D eigenvalue weighted by Gasteiger charge is -2.25. The molecular formula is C12H10F3N3O2. The van der Waals surface area contributed by atoms with Crippen LogP contribution < -0.4 is 5.32 Å². The monoisotopic (exact) mass is 285 g/mol. The molecule has 0 fully saturated rings. The number of amides is 1. The molecule has 0 spiro atoms. The molecule has 0 saturated heterocycles. The molecule has 1 unspecified atom stereocenters. The van der Waals surface area contributed by atoms with E-state index in [1.54, 1.807) is 12.1 Å². The maximum absolute atomic E-state index is 12.9. The fourth-order valence-electron chi connectivity index (χ4n) is 2.23. The first kappa shape index (κ1) is 12.8. The van der Waals surface area contributed by atoms with Crippen molar-refractivity contribution in [2.24, 2.45) is 0 Å². The van der Waals surface area contributed by atoms with Gasteiger partial charge < -0.3 is 9.73 Å². The Balaban J connectivity index is 1.97. The Labute approximate surface area is 111 Å². The zero-order valence-corrected chi connectivity index (χ0v) is 10.1. The molecule has 0 saturated carbocycles. The third kappa shape index (κ3) is 2.17. The van der Waals surface area contributed by atoms with E-state index in [2.05, 4.69) is 10.4 Å². The highest BCUT2D eigenvalue weighted by Gasteiger charge is 2.46. The predicted molar refractivity (Wildman–Crippen MR) is 62.1 cm³/mol. The van der Waals surface area contributed by atoms with Crippen LogP contribution in [-0.4, -0.2) is 21.9 Å². The number of nitrogens with zero attached hydrogens (tertiary/aromatic N) is 2. The number of halogens is 3. The minimum atomic E-state index is -4.47. The predicted octanol–water partition coefficient (Wildman–Crippen LogP) is 2.51. The molecule has 0 bridgehead atoms. The van der Waals surface area contributed by atoms with Gasteiger partial charge >= 0.3 is 6.18 Å². The molecule has 1 aliphatic heterocycles. The Morgan fingerprint density at radius 3 is 2.95 bits per heavy atom. The Morgan fingerprint density at radius 2 is 2.30 bits per heavy atom. The topological polar surface area (TPSA) is 60.1 Å². The summed E-state index contributed by atoms with van der Waals surface area (Å²) in [7, 11) is 0. The van der Waals surface area contributed by atoms with Crippen LogP contribution in [0.3, 0.4) is 0 Å². The highest BCUT2D eigenvalue weighted by molar-refractivity contribution is 5.93. The Kier molecular flexibility index (Phi) is 2.81. The van der Waals surface area contributed by atoms with Crippen LogP contribution in [0, 0.1) is 0 Å². The van der Waals surface area contributed by atoms with E-state index >= 15 is 0 Å². The second-order valence-corrected chi connectivity index (χ2v) is 4.53. The smallest absolute Gasteiger partial charge is 0.396 e. The molecule has 0 aliphatic carbocycles. The zero-order valence-electron chi connectivity index (χ0n) is 10.1. The first-order valence-corrected chi connectivity index (χ1v) is 5.90. The van der Waals surface area contributed by atoms with Gasteiger partial charge in [0.15, 0.2) is 0 Å². The first-order chi connectivity index (χ1) is 9.45. The standard InChI is InChI=1S/C12H10F3N3O2/c13-12(14,15)9-4-10(19)17-11-8(9)5-16-18(11)6-7-2-1-3-20-7/h1-3,5,9H,4,6H2,(H,17,19). The average molecular weight is 285 g/mol. The zero-order chi connectivity index (χ0) is 14.3. The highest BCUT2D eigenvalue weighted by Crippen LogP contribution is 2.43. The van der Waals surface area contributed by atoms with Gasteiger partial charge in [0.25, 0.3) is 0 Å². The summed E-state index contributed by atoms with van der Waals surface area (Å²) in [6.45, 7) is 0.160. The largest absolute Gasteiger partial charge is 0.467 e. The number of furan rings is 1. The summed E-state index contributed by atoms with van der Waals surface area (Å²) in [6, 6.07) is 3.35. The molecule has 106 valence electrons. The first-order valence-electron chi connectivity index (χ1n) is 5.90. The van der Waals surface area contributed by atoms with Crippen LogP contribution in [0.4, 0.5) is 19.0 Å². The number of fused-ring (bicyclic) bond motifs is 1. The molecule has 8 heteroatoms. The number of rotatable bonds is 2. The summed E-state index contributed by atoms with van der Waals surface area (Å²) in [5, 5.41) is 6.36. The molecule has 5 nitrogen and oxygen atoms in total. The molecule has 20 heavy (non-hydrogen) atoms. The van der Waals surface area contributed by atoms with Crippen molar-refractivity contribution in [2.45, 2.75) is 25.1 Å². The number of hydrogen-bond donors (Lipinski definition) is 1. The third-order valence-corrected chi connectivity index (χ3v) is 3.17. The normalized spacial score (nSPS) is 18.8. The van der Waals surface area contributed by atoms with Gasteiger partial charge in [0.1, 0.15) is 18.1 Å². The Morgan fingerprint density at radius 1 is 1.50 bits per heavy atom. The van der Waals surface area contributed by atoms with Gasteiger partial charge in [0.2, 0.25) is 5.91 Å². The lowest BCUT2D eigenvalue weighted by molar-refractivity contribution is -0.156. The molecule has 3 heterocycles. The number of carbonyl (C=O) groups is 1. The molecule has 1 atom stereocenters. The number of hydrogen-bond acceptors (Lipinski definition) is 3. The van der Waals surface area contributed by atoms with Gasteiger partial charge in [0, 0.05) is 12.0 Å². The maximum Gasteiger partial charge on any atom is 0.396 e. The summed E-state index contributed by atoms with van der Waals surface area (Å²) in [4.78, 5) is 11.5. The lowest BCUT2D eigenvalue weighted by Crippen LogP contribution is -2.32. The van der Waals surface area contributed by atoms with E-state index in [9.17, 15) is 18.0 Å². The van der Waals surface area contributed by atoms with Crippen molar-refractivity contribution in [3.8, 4) is 0 Å². The van der Waals surface area contributed by atoms with Crippen molar-refractivity contribution in [3.63, 3.8) is 0 Å². The number of alkyl halides is 3. The molecular weight excluding hydrogens is 275 g/mol. The summed E-state index contributed by atoms with van der Waals surface area (Å²) in [6.07, 6.45) is -2.47. The molecule has 0 radical (unpaired) electrons. The second kappa shape index (κ2) is 4.39. The van der Waals surface area contributed by atoms with Crippen molar-refractivity contribution >= 4 is 11.7 Å². The number of anilines is 1. The fraction of sp³-hybridized carbons (Fsp3) is 0.333. The van der Waals surface area contributed by atoms with Gasteiger partial charge in [-0.25, -0.2) is 4.68 Å². The van der Waals surface area contributed by atoms with Gasteiger partial charge in [-0.1, -0.05) is 0 Å². The van der Waals surface area contributed by atoms with E-state index in [1.165, 1.54) is 10.9 Å². The Bertz CT molecular complexity index is 631. The molecule has 2 aromatic heterocycles. The van der Waals surface area contributed by atoms with Gasteiger partial charge in [-0.3, -0.25) is 4.79 Å². The SMILES string of the molecule is O=C1CC(C(F)(F)F)c2cnn(Cc3ccco3)c2N1. The summed E-state index contributed by atoms with van der Waals surface area (Å²) in [5.74, 6) is -1.85. The molecule has 3 rings (SSSR count). The minimum Gasteiger partial charge on any atom is -0.467 e. The highest BCUT2D eigenvalue weighted by atomic mass is 19.4. The van der Waals surface area contributed by atoms with E-state index in [-0.39, 0.29) is 17.9 Å². The van der Waals surface area contributed by atoms with Crippen LogP contribution in [0.15, 0.2) is 29.0 Å². The van der Waals surface area contributed by atoms with Gasteiger partial charge in [-0.15, -0.1) is 0 Å². The summed E-state index contributed by atoms with van der Waals surface area (Å²) in [5.41, 5.74) is -0.0105.